The van der Waals surface area contributed by atoms with Crippen LogP contribution in [-0.4, -0.2) is 44.0 Å². The van der Waals surface area contributed by atoms with Crippen molar-refractivity contribution in [1.82, 2.24) is 4.31 Å². The lowest BCUT2D eigenvalue weighted by molar-refractivity contribution is -0.121. The van der Waals surface area contributed by atoms with Crippen LogP contribution in [0.1, 0.15) is 19.8 Å². The van der Waals surface area contributed by atoms with E-state index in [0.29, 0.717) is 19.5 Å². The number of amides is 1. The molecule has 1 saturated heterocycles. The van der Waals surface area contributed by atoms with Crippen LogP contribution in [0.5, 0.6) is 0 Å². The molecule has 0 spiro atoms. The Morgan fingerprint density at radius 1 is 1.35 bits per heavy atom. The molecule has 2 rings (SSSR count). The number of likely N-dealkylation sites (N-methyl/N-ethyl adjacent to an activating group) is 1. The molecule has 1 fully saturated rings. The van der Waals surface area contributed by atoms with E-state index in [-0.39, 0.29) is 5.91 Å². The molecule has 1 heterocycles. The second-order valence-electron chi connectivity index (χ2n) is 4.95. The van der Waals surface area contributed by atoms with Crippen molar-refractivity contribution in [2.75, 3.05) is 24.2 Å². The molecule has 0 aromatic heterocycles. The molecule has 0 aliphatic carbocycles. The average Bonchev–Trinajstić information content (AvgIpc) is 2.90. The Hall–Kier alpha value is -1.40. The monoisotopic (exact) mass is 296 g/mol. The summed E-state index contributed by atoms with van der Waals surface area (Å²) in [5.41, 5.74) is 0.806. The molecule has 6 heteroatoms. The van der Waals surface area contributed by atoms with Crippen molar-refractivity contribution in [3.05, 3.63) is 30.3 Å². The Kier molecular flexibility index (Phi) is 4.45. The van der Waals surface area contributed by atoms with Crippen LogP contribution in [0.15, 0.2) is 30.3 Å². The summed E-state index contributed by atoms with van der Waals surface area (Å²) in [6.45, 7) is 2.85. The Bertz CT molecular complexity index is 571. The van der Waals surface area contributed by atoms with E-state index in [1.807, 2.05) is 37.3 Å². The maximum Gasteiger partial charge on any atom is 0.245 e. The van der Waals surface area contributed by atoms with Gasteiger partial charge in [-0.05, 0) is 31.9 Å². The zero-order chi connectivity index (χ0) is 14.8. The molecule has 20 heavy (non-hydrogen) atoms. The molecule has 0 saturated carbocycles. The third kappa shape index (κ3) is 3.02. The SMILES string of the molecule is CCN(C(=O)C1CCCN1S(C)(=O)=O)c1ccccc1. The van der Waals surface area contributed by atoms with Gasteiger partial charge in [0.25, 0.3) is 0 Å². The molecule has 1 atom stereocenters. The molecule has 1 aliphatic heterocycles. The molecular weight excluding hydrogens is 276 g/mol. The first-order valence-electron chi connectivity index (χ1n) is 6.78. The first-order chi connectivity index (χ1) is 9.45. The molecule has 1 aliphatic rings. The largest absolute Gasteiger partial charge is 0.311 e. The van der Waals surface area contributed by atoms with Gasteiger partial charge in [-0.2, -0.15) is 4.31 Å². The van der Waals surface area contributed by atoms with E-state index >= 15 is 0 Å². The lowest BCUT2D eigenvalue weighted by Crippen LogP contribution is -2.47. The van der Waals surface area contributed by atoms with E-state index in [1.165, 1.54) is 4.31 Å². The summed E-state index contributed by atoms with van der Waals surface area (Å²) in [5, 5.41) is 0. The fourth-order valence-electron chi connectivity index (χ4n) is 2.64. The van der Waals surface area contributed by atoms with Gasteiger partial charge in [-0.15, -0.1) is 0 Å². The van der Waals surface area contributed by atoms with Gasteiger partial charge in [0.1, 0.15) is 6.04 Å². The van der Waals surface area contributed by atoms with Crippen LogP contribution >= 0.6 is 0 Å². The molecule has 0 bridgehead atoms. The highest BCUT2D eigenvalue weighted by atomic mass is 32.2. The van der Waals surface area contributed by atoms with E-state index in [1.54, 1.807) is 4.90 Å². The first kappa shape index (κ1) is 15.0. The number of sulfonamides is 1. The van der Waals surface area contributed by atoms with Crippen LogP contribution < -0.4 is 4.90 Å². The summed E-state index contributed by atoms with van der Waals surface area (Å²) < 4.78 is 24.8. The average molecular weight is 296 g/mol. The topological polar surface area (TPSA) is 57.7 Å². The minimum absolute atomic E-state index is 0.137. The van der Waals surface area contributed by atoms with Crippen LogP contribution in [0.2, 0.25) is 0 Å². The van der Waals surface area contributed by atoms with Crippen molar-refractivity contribution in [3.63, 3.8) is 0 Å². The third-order valence-electron chi connectivity index (χ3n) is 3.56. The fraction of sp³-hybridized carbons (Fsp3) is 0.500. The summed E-state index contributed by atoms with van der Waals surface area (Å²) in [6.07, 6.45) is 2.49. The predicted octanol–water partition coefficient (Wildman–Crippen LogP) is 1.46. The molecule has 1 unspecified atom stereocenters. The van der Waals surface area contributed by atoms with Gasteiger partial charge in [0, 0.05) is 18.8 Å². The maximum atomic E-state index is 12.7. The number of benzene rings is 1. The van der Waals surface area contributed by atoms with Gasteiger partial charge in [-0.1, -0.05) is 18.2 Å². The van der Waals surface area contributed by atoms with E-state index < -0.39 is 16.1 Å². The molecule has 1 aromatic carbocycles. The van der Waals surface area contributed by atoms with Gasteiger partial charge in [-0.3, -0.25) is 4.79 Å². The molecule has 110 valence electrons. The summed E-state index contributed by atoms with van der Waals surface area (Å²) in [6, 6.07) is 8.79. The highest BCUT2D eigenvalue weighted by Gasteiger charge is 2.38. The standard InChI is InChI=1S/C14H20N2O3S/c1-3-15(12-8-5-4-6-9-12)14(17)13-10-7-11-16(13)20(2,18)19/h4-6,8-9,13H,3,7,10-11H2,1-2H3. The second kappa shape index (κ2) is 5.93. The van der Waals surface area contributed by atoms with Gasteiger partial charge in [0.2, 0.25) is 15.9 Å². The minimum Gasteiger partial charge on any atom is -0.311 e. The molecule has 5 nitrogen and oxygen atoms in total. The number of anilines is 1. The molecular formula is C14H20N2O3S. The number of nitrogens with zero attached hydrogens (tertiary/aromatic N) is 2. The fourth-order valence-corrected chi connectivity index (χ4v) is 3.76. The highest BCUT2D eigenvalue weighted by Crippen LogP contribution is 2.24. The molecule has 0 radical (unpaired) electrons. The van der Waals surface area contributed by atoms with Gasteiger partial charge < -0.3 is 4.90 Å². The highest BCUT2D eigenvalue weighted by molar-refractivity contribution is 7.88. The van der Waals surface area contributed by atoms with Crippen LogP contribution in [0.3, 0.4) is 0 Å². The number of carbonyl (C=O) groups is 1. The Balaban J connectivity index is 2.25. The number of para-hydroxylation sites is 1. The van der Waals surface area contributed by atoms with Crippen LogP contribution in [0.4, 0.5) is 5.69 Å². The van der Waals surface area contributed by atoms with E-state index in [9.17, 15) is 13.2 Å². The Morgan fingerprint density at radius 3 is 2.55 bits per heavy atom. The van der Waals surface area contributed by atoms with Crippen molar-refractivity contribution < 1.29 is 13.2 Å². The van der Waals surface area contributed by atoms with Crippen molar-refractivity contribution in [1.29, 1.82) is 0 Å². The number of hydrogen-bond acceptors (Lipinski definition) is 3. The van der Waals surface area contributed by atoms with Gasteiger partial charge in [0.05, 0.1) is 6.26 Å². The summed E-state index contributed by atoms with van der Waals surface area (Å²) in [7, 11) is -3.33. The zero-order valence-corrected chi connectivity index (χ0v) is 12.6. The van der Waals surface area contributed by atoms with E-state index in [2.05, 4.69) is 0 Å². The van der Waals surface area contributed by atoms with Crippen molar-refractivity contribution in [2.45, 2.75) is 25.8 Å². The number of rotatable bonds is 4. The van der Waals surface area contributed by atoms with Crippen LogP contribution in [0, 0.1) is 0 Å². The smallest absolute Gasteiger partial charge is 0.245 e. The first-order valence-corrected chi connectivity index (χ1v) is 8.63. The maximum absolute atomic E-state index is 12.7. The molecule has 0 N–H and O–H groups in total. The normalized spacial score (nSPS) is 20.0. The summed E-state index contributed by atoms with van der Waals surface area (Å²) in [4.78, 5) is 14.3. The van der Waals surface area contributed by atoms with E-state index in [0.717, 1.165) is 18.4 Å². The Morgan fingerprint density at radius 2 is 2.00 bits per heavy atom. The lowest BCUT2D eigenvalue weighted by Gasteiger charge is -2.28. The van der Waals surface area contributed by atoms with E-state index in [4.69, 9.17) is 0 Å². The van der Waals surface area contributed by atoms with Gasteiger partial charge in [0.15, 0.2) is 0 Å². The third-order valence-corrected chi connectivity index (χ3v) is 4.85. The molecule has 1 amide bonds. The van der Waals surface area contributed by atoms with Crippen LogP contribution in [0.25, 0.3) is 0 Å². The summed E-state index contributed by atoms with van der Waals surface area (Å²) >= 11 is 0. The summed E-state index contributed by atoms with van der Waals surface area (Å²) in [5.74, 6) is -0.137. The van der Waals surface area contributed by atoms with Crippen molar-refractivity contribution in [3.8, 4) is 0 Å². The second-order valence-corrected chi connectivity index (χ2v) is 6.88. The Labute approximate surface area is 120 Å². The quantitative estimate of drug-likeness (QED) is 0.845. The van der Waals surface area contributed by atoms with Crippen molar-refractivity contribution >= 4 is 21.6 Å². The van der Waals surface area contributed by atoms with Gasteiger partial charge >= 0.3 is 0 Å². The van der Waals surface area contributed by atoms with Crippen LogP contribution in [-0.2, 0) is 14.8 Å². The zero-order valence-electron chi connectivity index (χ0n) is 11.8. The molecule has 1 aromatic rings. The number of hydrogen-bond donors (Lipinski definition) is 0. The lowest BCUT2D eigenvalue weighted by atomic mass is 10.2. The predicted molar refractivity (Wildman–Crippen MR) is 79.0 cm³/mol. The van der Waals surface area contributed by atoms with Gasteiger partial charge in [-0.25, -0.2) is 8.42 Å². The number of carbonyl (C=O) groups excluding carboxylic acids is 1. The minimum atomic E-state index is -3.33. The van der Waals surface area contributed by atoms with Crippen molar-refractivity contribution in [2.24, 2.45) is 0 Å².